The lowest BCUT2D eigenvalue weighted by Crippen LogP contribution is -2.36. The second-order valence-corrected chi connectivity index (χ2v) is 3.65. The van der Waals surface area contributed by atoms with Crippen LogP contribution in [0.3, 0.4) is 0 Å². The second kappa shape index (κ2) is 3.38. The van der Waals surface area contributed by atoms with Gasteiger partial charge in [-0.1, -0.05) is 0 Å². The summed E-state index contributed by atoms with van der Waals surface area (Å²) < 4.78 is 0. The van der Waals surface area contributed by atoms with Crippen LogP contribution in [0.25, 0.3) is 0 Å². The van der Waals surface area contributed by atoms with Crippen molar-refractivity contribution in [3.05, 3.63) is 11.6 Å². The van der Waals surface area contributed by atoms with Crippen LogP contribution in [0.2, 0.25) is 0 Å². The molecule has 1 aromatic heterocycles. The van der Waals surface area contributed by atoms with Crippen molar-refractivity contribution >= 4 is 5.91 Å². The molecule has 0 atom stereocenters. The summed E-state index contributed by atoms with van der Waals surface area (Å²) in [5.74, 6) is 1.25. The molecule has 14 heavy (non-hydrogen) atoms. The van der Waals surface area contributed by atoms with Gasteiger partial charge >= 0.3 is 5.91 Å². The summed E-state index contributed by atoms with van der Waals surface area (Å²) in [4.78, 5) is 15.5. The van der Waals surface area contributed by atoms with Gasteiger partial charge in [0.05, 0.1) is 0 Å². The number of aromatic amines is 1. The highest BCUT2D eigenvalue weighted by molar-refractivity contribution is 5.89. The van der Waals surface area contributed by atoms with Gasteiger partial charge in [-0.05, 0) is 12.8 Å². The Balaban J connectivity index is 2.04. The van der Waals surface area contributed by atoms with E-state index in [1.165, 1.54) is 0 Å². The molecule has 0 spiro atoms. The van der Waals surface area contributed by atoms with Crippen molar-refractivity contribution < 1.29 is 4.79 Å². The van der Waals surface area contributed by atoms with Crippen LogP contribution < -0.4 is 5.43 Å². The van der Waals surface area contributed by atoms with Crippen molar-refractivity contribution in [2.45, 2.75) is 18.8 Å². The third kappa shape index (κ3) is 1.90. The number of hydrogen-bond acceptors (Lipinski definition) is 4. The number of H-pyrrole nitrogens is 1. The lowest BCUT2D eigenvalue weighted by Gasteiger charge is -2.08. The van der Waals surface area contributed by atoms with Gasteiger partial charge < -0.3 is 0 Å². The molecule has 2 rings (SSSR count). The SMILES string of the molecule is CN(C)NC(=O)c1n[nH]c(C2CC2)n1. The minimum absolute atomic E-state index is 0.209. The number of aromatic nitrogens is 3. The topological polar surface area (TPSA) is 73.9 Å². The average Bonchev–Trinajstić information content (AvgIpc) is 2.82. The van der Waals surface area contributed by atoms with Gasteiger partial charge in [-0.25, -0.2) is 9.99 Å². The molecule has 1 saturated carbocycles. The molecule has 0 unspecified atom stereocenters. The van der Waals surface area contributed by atoms with Crippen molar-refractivity contribution in [3.63, 3.8) is 0 Å². The highest BCUT2D eigenvalue weighted by Gasteiger charge is 2.28. The van der Waals surface area contributed by atoms with E-state index in [1.807, 2.05) is 0 Å². The lowest BCUT2D eigenvalue weighted by atomic mass is 10.4. The van der Waals surface area contributed by atoms with E-state index in [-0.39, 0.29) is 11.7 Å². The van der Waals surface area contributed by atoms with Gasteiger partial charge in [-0.3, -0.25) is 15.3 Å². The molecule has 2 N–H and O–H groups in total. The zero-order valence-corrected chi connectivity index (χ0v) is 8.24. The van der Waals surface area contributed by atoms with Gasteiger partial charge in [0.15, 0.2) is 0 Å². The molecular weight excluding hydrogens is 182 g/mol. The summed E-state index contributed by atoms with van der Waals surface area (Å²) in [5.41, 5.74) is 2.58. The summed E-state index contributed by atoms with van der Waals surface area (Å²) in [6.45, 7) is 0. The first kappa shape index (κ1) is 9.14. The van der Waals surface area contributed by atoms with E-state index in [0.717, 1.165) is 18.7 Å². The second-order valence-electron chi connectivity index (χ2n) is 3.65. The first-order valence-electron chi connectivity index (χ1n) is 4.57. The van der Waals surface area contributed by atoms with Gasteiger partial charge in [-0.15, -0.1) is 5.10 Å². The van der Waals surface area contributed by atoms with Crippen molar-refractivity contribution in [1.82, 2.24) is 25.6 Å². The van der Waals surface area contributed by atoms with Crippen molar-refractivity contribution in [2.24, 2.45) is 0 Å². The summed E-state index contributed by atoms with van der Waals surface area (Å²) in [6, 6.07) is 0. The zero-order valence-electron chi connectivity index (χ0n) is 8.24. The van der Waals surface area contributed by atoms with Crippen molar-refractivity contribution in [3.8, 4) is 0 Å². The van der Waals surface area contributed by atoms with Crippen LogP contribution in [0.1, 0.15) is 35.2 Å². The van der Waals surface area contributed by atoms with Gasteiger partial charge in [0, 0.05) is 20.0 Å². The molecule has 6 nitrogen and oxygen atoms in total. The van der Waals surface area contributed by atoms with Gasteiger partial charge in [0.1, 0.15) is 5.82 Å². The number of carbonyl (C=O) groups is 1. The molecule has 1 aromatic rings. The number of hydrogen-bond donors (Lipinski definition) is 2. The van der Waals surface area contributed by atoms with Crippen LogP contribution in [0, 0.1) is 0 Å². The van der Waals surface area contributed by atoms with Crippen molar-refractivity contribution in [2.75, 3.05) is 14.1 Å². The molecule has 0 radical (unpaired) electrons. The molecule has 1 amide bonds. The molecule has 76 valence electrons. The van der Waals surface area contributed by atoms with Gasteiger partial charge in [0.2, 0.25) is 5.82 Å². The van der Waals surface area contributed by atoms with E-state index in [0.29, 0.717) is 5.92 Å². The van der Waals surface area contributed by atoms with Gasteiger partial charge in [-0.2, -0.15) is 0 Å². The molecule has 1 heterocycles. The molecule has 6 heteroatoms. The molecular formula is C8H13N5O. The number of hydrazine groups is 1. The number of rotatable bonds is 3. The van der Waals surface area contributed by atoms with E-state index in [2.05, 4.69) is 20.6 Å². The van der Waals surface area contributed by atoms with Crippen LogP contribution in [0.4, 0.5) is 0 Å². The van der Waals surface area contributed by atoms with E-state index in [4.69, 9.17) is 0 Å². The minimum atomic E-state index is -0.279. The van der Waals surface area contributed by atoms with Crippen LogP contribution in [-0.2, 0) is 0 Å². The highest BCUT2D eigenvalue weighted by atomic mass is 16.2. The average molecular weight is 195 g/mol. The first-order chi connectivity index (χ1) is 6.66. The highest BCUT2D eigenvalue weighted by Crippen LogP contribution is 2.37. The summed E-state index contributed by atoms with van der Waals surface area (Å²) in [6.07, 6.45) is 2.29. The minimum Gasteiger partial charge on any atom is -0.282 e. The smallest absolute Gasteiger partial charge is 0.282 e. The fraction of sp³-hybridized carbons (Fsp3) is 0.625. The van der Waals surface area contributed by atoms with E-state index in [9.17, 15) is 4.79 Å². The quantitative estimate of drug-likeness (QED) is 0.660. The molecule has 0 aliphatic heterocycles. The molecule has 1 aliphatic rings. The van der Waals surface area contributed by atoms with Crippen LogP contribution in [0.5, 0.6) is 0 Å². The maximum Gasteiger partial charge on any atom is 0.305 e. The maximum absolute atomic E-state index is 11.4. The zero-order chi connectivity index (χ0) is 10.1. The first-order valence-corrected chi connectivity index (χ1v) is 4.57. The maximum atomic E-state index is 11.4. The molecule has 0 saturated heterocycles. The van der Waals surface area contributed by atoms with Crippen LogP contribution in [0.15, 0.2) is 0 Å². The number of amides is 1. The Labute approximate surface area is 81.7 Å². The largest absolute Gasteiger partial charge is 0.305 e. The van der Waals surface area contributed by atoms with Crippen LogP contribution >= 0.6 is 0 Å². The Morgan fingerprint density at radius 1 is 1.57 bits per heavy atom. The molecule has 0 aromatic carbocycles. The Kier molecular flexibility index (Phi) is 2.20. The molecule has 1 fully saturated rings. The summed E-state index contributed by atoms with van der Waals surface area (Å²) in [7, 11) is 3.48. The monoisotopic (exact) mass is 195 g/mol. The number of carbonyl (C=O) groups excluding carboxylic acids is 1. The van der Waals surface area contributed by atoms with Crippen LogP contribution in [-0.4, -0.2) is 40.2 Å². The van der Waals surface area contributed by atoms with E-state index >= 15 is 0 Å². The van der Waals surface area contributed by atoms with Gasteiger partial charge in [0.25, 0.3) is 0 Å². The Hall–Kier alpha value is -1.43. The summed E-state index contributed by atoms with van der Waals surface area (Å²) >= 11 is 0. The third-order valence-corrected chi connectivity index (χ3v) is 1.99. The Morgan fingerprint density at radius 3 is 2.86 bits per heavy atom. The summed E-state index contributed by atoms with van der Waals surface area (Å²) in [5, 5.41) is 8.20. The Morgan fingerprint density at radius 2 is 2.29 bits per heavy atom. The standard InChI is InChI=1S/C8H13N5O/c1-13(2)12-8(14)7-9-6(10-11-7)5-3-4-5/h5H,3-4H2,1-2H3,(H,12,14)(H,9,10,11). The third-order valence-electron chi connectivity index (χ3n) is 1.99. The Bertz CT molecular complexity index is 341. The van der Waals surface area contributed by atoms with Crippen molar-refractivity contribution in [1.29, 1.82) is 0 Å². The van der Waals surface area contributed by atoms with E-state index < -0.39 is 0 Å². The predicted octanol–water partition coefficient (Wildman–Crippen LogP) is -0.112. The number of nitrogens with one attached hydrogen (secondary N) is 2. The van der Waals surface area contributed by atoms with E-state index in [1.54, 1.807) is 19.1 Å². The normalized spacial score (nSPS) is 15.9. The fourth-order valence-corrected chi connectivity index (χ4v) is 1.17. The molecule has 1 aliphatic carbocycles. The lowest BCUT2D eigenvalue weighted by molar-refractivity contribution is 0.0846. The predicted molar refractivity (Wildman–Crippen MR) is 49.5 cm³/mol. The number of nitrogens with zero attached hydrogens (tertiary/aromatic N) is 3. The fourth-order valence-electron chi connectivity index (χ4n) is 1.17. The molecule has 0 bridgehead atoms.